The number of ether oxygens (including phenoxy) is 1. The van der Waals surface area contributed by atoms with Crippen molar-refractivity contribution in [3.05, 3.63) is 76.8 Å². The Hall–Kier alpha value is -3.39. The van der Waals surface area contributed by atoms with E-state index in [2.05, 4.69) is 5.32 Å². The molecule has 0 radical (unpaired) electrons. The lowest BCUT2D eigenvalue weighted by Gasteiger charge is -2.07. The number of amides is 1. The first kappa shape index (κ1) is 19.4. The van der Waals surface area contributed by atoms with Crippen molar-refractivity contribution in [3.8, 4) is 0 Å². The minimum atomic E-state index is -0.527. The molecule has 0 spiro atoms. The van der Waals surface area contributed by atoms with Gasteiger partial charge in [-0.15, -0.1) is 11.8 Å². The van der Waals surface area contributed by atoms with Gasteiger partial charge in [0.25, 0.3) is 11.6 Å². The maximum absolute atomic E-state index is 11.9. The minimum absolute atomic E-state index is 0.0739. The van der Waals surface area contributed by atoms with E-state index in [0.29, 0.717) is 5.69 Å². The zero-order valence-corrected chi connectivity index (χ0v) is 15.5. The van der Waals surface area contributed by atoms with Crippen LogP contribution in [0.4, 0.5) is 11.4 Å². The molecule has 0 saturated carbocycles. The number of nitro benzene ring substituents is 1. The lowest BCUT2D eigenvalue weighted by atomic mass is 10.1. The quantitative estimate of drug-likeness (QED) is 0.280. The molecule has 142 valence electrons. The molecule has 0 aliphatic rings. The van der Waals surface area contributed by atoms with Crippen molar-refractivity contribution in [1.29, 1.82) is 0 Å². The van der Waals surface area contributed by atoms with Crippen molar-refractivity contribution in [2.24, 2.45) is 0 Å². The third-order valence-electron chi connectivity index (χ3n) is 3.80. The monoisotopic (exact) mass is 396 g/mol. The van der Waals surface area contributed by atoms with Gasteiger partial charge in [0.2, 0.25) is 0 Å². The number of fused-ring (bicyclic) bond motifs is 1. The number of non-ortho nitro benzene ring substituents is 1. The molecule has 7 nitrogen and oxygen atoms in total. The van der Waals surface area contributed by atoms with E-state index in [-0.39, 0.29) is 11.4 Å². The van der Waals surface area contributed by atoms with Gasteiger partial charge in [-0.25, -0.2) is 0 Å². The second kappa shape index (κ2) is 9.01. The number of esters is 1. The van der Waals surface area contributed by atoms with Crippen molar-refractivity contribution >= 4 is 45.8 Å². The van der Waals surface area contributed by atoms with E-state index in [1.807, 2.05) is 42.5 Å². The number of nitrogens with one attached hydrogen (secondary N) is 1. The van der Waals surface area contributed by atoms with Gasteiger partial charge in [-0.2, -0.15) is 0 Å². The Morgan fingerprint density at radius 3 is 2.43 bits per heavy atom. The number of nitrogens with zero attached hydrogens (tertiary/aromatic N) is 1. The summed E-state index contributed by atoms with van der Waals surface area (Å²) in [7, 11) is 0. The fraction of sp³-hybridized carbons (Fsp3) is 0.100. The van der Waals surface area contributed by atoms with Crippen LogP contribution in [0.2, 0.25) is 0 Å². The summed E-state index contributed by atoms with van der Waals surface area (Å²) in [6.45, 7) is -0.423. The minimum Gasteiger partial charge on any atom is -0.455 e. The Morgan fingerprint density at radius 1 is 1.00 bits per heavy atom. The van der Waals surface area contributed by atoms with Crippen LogP contribution in [0.3, 0.4) is 0 Å². The number of hydrogen-bond donors (Lipinski definition) is 1. The Morgan fingerprint density at radius 2 is 1.71 bits per heavy atom. The SMILES string of the molecule is O=C(COC(=O)CSc1ccc2ccccc2c1)Nc1ccc([N+](=O)[O-])cc1. The molecule has 0 atom stereocenters. The molecule has 0 aliphatic carbocycles. The van der Waals surface area contributed by atoms with E-state index >= 15 is 0 Å². The van der Waals surface area contributed by atoms with Gasteiger partial charge >= 0.3 is 5.97 Å². The number of carbonyl (C=O) groups excluding carboxylic acids is 2. The fourth-order valence-corrected chi connectivity index (χ4v) is 3.19. The molecule has 0 fully saturated rings. The number of rotatable bonds is 7. The second-order valence-electron chi connectivity index (χ2n) is 5.81. The number of benzene rings is 3. The van der Waals surface area contributed by atoms with Crippen molar-refractivity contribution in [3.63, 3.8) is 0 Å². The molecule has 0 unspecified atom stereocenters. The molecule has 1 N–H and O–H groups in total. The lowest BCUT2D eigenvalue weighted by molar-refractivity contribution is -0.384. The molecule has 0 heterocycles. The summed E-state index contributed by atoms with van der Waals surface area (Å²) in [6, 6.07) is 19.2. The van der Waals surface area contributed by atoms with Gasteiger partial charge in [-0.3, -0.25) is 19.7 Å². The van der Waals surface area contributed by atoms with E-state index < -0.39 is 23.4 Å². The molecule has 0 aliphatic heterocycles. The third kappa shape index (κ3) is 5.31. The number of anilines is 1. The van der Waals surface area contributed by atoms with Crippen LogP contribution in [0.15, 0.2) is 71.6 Å². The highest BCUT2D eigenvalue weighted by Crippen LogP contribution is 2.23. The van der Waals surface area contributed by atoms with Gasteiger partial charge in [-0.05, 0) is 35.0 Å². The standard InChI is InChI=1S/C20H16N2O5S/c23-19(21-16-6-8-17(9-7-16)22(25)26)12-27-20(24)13-28-18-10-5-14-3-1-2-4-15(14)11-18/h1-11H,12-13H2,(H,21,23). The summed E-state index contributed by atoms with van der Waals surface area (Å²) in [5.74, 6) is -0.932. The summed E-state index contributed by atoms with van der Waals surface area (Å²) >= 11 is 1.33. The van der Waals surface area contributed by atoms with Crippen molar-refractivity contribution < 1.29 is 19.2 Å². The van der Waals surface area contributed by atoms with Crippen LogP contribution in [0, 0.1) is 10.1 Å². The van der Waals surface area contributed by atoms with E-state index in [0.717, 1.165) is 15.7 Å². The molecule has 28 heavy (non-hydrogen) atoms. The van der Waals surface area contributed by atoms with Crippen LogP contribution in [-0.2, 0) is 14.3 Å². The van der Waals surface area contributed by atoms with Crippen LogP contribution in [0.25, 0.3) is 10.8 Å². The first-order valence-electron chi connectivity index (χ1n) is 8.33. The summed E-state index contributed by atoms with van der Waals surface area (Å²) < 4.78 is 4.97. The largest absolute Gasteiger partial charge is 0.455 e. The van der Waals surface area contributed by atoms with Gasteiger partial charge in [0, 0.05) is 22.7 Å². The van der Waals surface area contributed by atoms with Crippen LogP contribution < -0.4 is 5.32 Å². The Kier molecular flexibility index (Phi) is 6.23. The highest BCUT2D eigenvalue weighted by molar-refractivity contribution is 8.00. The summed E-state index contributed by atoms with van der Waals surface area (Å²) in [5.41, 5.74) is 0.312. The van der Waals surface area contributed by atoms with E-state index in [1.54, 1.807) is 0 Å². The summed E-state index contributed by atoms with van der Waals surface area (Å²) in [5, 5.41) is 15.3. The molecule has 0 aromatic heterocycles. The van der Waals surface area contributed by atoms with Gasteiger partial charge in [0.05, 0.1) is 10.7 Å². The van der Waals surface area contributed by atoms with Crippen LogP contribution in [-0.4, -0.2) is 29.2 Å². The zero-order valence-electron chi connectivity index (χ0n) is 14.7. The van der Waals surface area contributed by atoms with Crippen LogP contribution in [0.1, 0.15) is 0 Å². The van der Waals surface area contributed by atoms with Crippen molar-refractivity contribution in [1.82, 2.24) is 0 Å². The van der Waals surface area contributed by atoms with Crippen LogP contribution in [0.5, 0.6) is 0 Å². The average Bonchev–Trinajstić information content (AvgIpc) is 2.71. The summed E-state index contributed by atoms with van der Waals surface area (Å²) in [4.78, 5) is 34.7. The van der Waals surface area contributed by atoms with Gasteiger partial charge in [0.15, 0.2) is 6.61 Å². The van der Waals surface area contributed by atoms with E-state index in [1.165, 1.54) is 36.0 Å². The molecule has 0 saturated heterocycles. The average molecular weight is 396 g/mol. The number of hydrogen-bond acceptors (Lipinski definition) is 6. The smallest absolute Gasteiger partial charge is 0.316 e. The highest BCUT2D eigenvalue weighted by Gasteiger charge is 2.10. The number of thioether (sulfide) groups is 1. The van der Waals surface area contributed by atoms with Crippen LogP contribution >= 0.6 is 11.8 Å². The van der Waals surface area contributed by atoms with E-state index in [4.69, 9.17) is 4.74 Å². The molecule has 0 bridgehead atoms. The van der Waals surface area contributed by atoms with Crippen molar-refractivity contribution in [2.75, 3.05) is 17.7 Å². The number of carbonyl (C=O) groups is 2. The number of nitro groups is 1. The zero-order chi connectivity index (χ0) is 19.9. The molecular formula is C20H16N2O5S. The summed E-state index contributed by atoms with van der Waals surface area (Å²) in [6.07, 6.45) is 0. The lowest BCUT2D eigenvalue weighted by Crippen LogP contribution is -2.21. The molecule has 3 aromatic rings. The maximum Gasteiger partial charge on any atom is 0.316 e. The Balaban J connectivity index is 1.44. The fourth-order valence-electron chi connectivity index (χ4n) is 2.45. The molecular weight excluding hydrogens is 380 g/mol. The molecule has 8 heteroatoms. The first-order valence-corrected chi connectivity index (χ1v) is 9.31. The van der Waals surface area contributed by atoms with Gasteiger partial charge < -0.3 is 10.1 Å². The normalized spacial score (nSPS) is 10.4. The predicted octanol–water partition coefficient (Wildman–Crippen LogP) is 4.02. The first-order chi connectivity index (χ1) is 13.5. The maximum atomic E-state index is 11.9. The van der Waals surface area contributed by atoms with Crippen molar-refractivity contribution in [2.45, 2.75) is 4.90 Å². The molecule has 3 aromatic carbocycles. The Bertz CT molecular complexity index is 1020. The molecule has 1 amide bonds. The predicted molar refractivity (Wildman–Crippen MR) is 107 cm³/mol. The van der Waals surface area contributed by atoms with Gasteiger partial charge in [-0.1, -0.05) is 30.3 Å². The third-order valence-corrected chi connectivity index (χ3v) is 4.77. The highest BCUT2D eigenvalue weighted by atomic mass is 32.2. The van der Waals surface area contributed by atoms with E-state index in [9.17, 15) is 19.7 Å². The molecule has 3 rings (SSSR count). The van der Waals surface area contributed by atoms with Gasteiger partial charge in [0.1, 0.15) is 0 Å². The second-order valence-corrected chi connectivity index (χ2v) is 6.86. The topological polar surface area (TPSA) is 98.5 Å². The Labute approximate surface area is 164 Å².